The number of benzene rings is 1. The summed E-state index contributed by atoms with van der Waals surface area (Å²) >= 11 is 0. The fourth-order valence-corrected chi connectivity index (χ4v) is 2.20. The van der Waals surface area contributed by atoms with Crippen LogP contribution in [-0.4, -0.2) is 23.4 Å². The second-order valence-electron chi connectivity index (χ2n) is 4.93. The van der Waals surface area contributed by atoms with Gasteiger partial charge in [-0.3, -0.25) is 4.79 Å². The highest BCUT2D eigenvalue weighted by Gasteiger charge is 2.26. The van der Waals surface area contributed by atoms with Crippen LogP contribution < -0.4 is 5.73 Å². The number of halogens is 1. The molecule has 0 fully saturated rings. The number of rotatable bonds is 2. The smallest absolute Gasteiger partial charge is 0.227 e. The number of amides is 1. The molecule has 2 unspecified atom stereocenters. The zero-order valence-electron chi connectivity index (χ0n) is 10.9. The Kier molecular flexibility index (Phi) is 5.17. The van der Waals surface area contributed by atoms with Crippen LogP contribution in [0.25, 0.3) is 0 Å². The summed E-state index contributed by atoms with van der Waals surface area (Å²) in [5.74, 6) is 0.0785. The SMILES string of the molecule is CC(N)C(C)C(=O)N1CCc2ccccc2C1.Cl. The first-order valence-electron chi connectivity index (χ1n) is 6.20. The molecule has 1 aliphatic heterocycles. The lowest BCUT2D eigenvalue weighted by molar-refractivity contribution is -0.136. The van der Waals surface area contributed by atoms with Gasteiger partial charge >= 0.3 is 0 Å². The summed E-state index contributed by atoms with van der Waals surface area (Å²) in [6.07, 6.45) is 0.952. The third-order valence-corrected chi connectivity index (χ3v) is 3.62. The highest BCUT2D eigenvalue weighted by Crippen LogP contribution is 2.20. The van der Waals surface area contributed by atoms with Crippen molar-refractivity contribution >= 4 is 18.3 Å². The average molecular weight is 269 g/mol. The first-order chi connectivity index (χ1) is 8.09. The Labute approximate surface area is 115 Å². The maximum atomic E-state index is 12.2. The Bertz CT molecular complexity index is 420. The van der Waals surface area contributed by atoms with Gasteiger partial charge in [-0.1, -0.05) is 31.2 Å². The molecule has 1 aliphatic rings. The Hall–Kier alpha value is -1.06. The number of carbonyl (C=O) groups excluding carboxylic acids is 1. The summed E-state index contributed by atoms with van der Waals surface area (Å²) in [6, 6.07) is 8.25. The zero-order chi connectivity index (χ0) is 12.4. The van der Waals surface area contributed by atoms with Gasteiger partial charge in [0.15, 0.2) is 0 Å². The van der Waals surface area contributed by atoms with E-state index in [1.54, 1.807) is 0 Å². The normalized spacial score (nSPS) is 17.4. The molecular weight excluding hydrogens is 248 g/mol. The van der Waals surface area contributed by atoms with E-state index in [0.717, 1.165) is 19.5 Å². The topological polar surface area (TPSA) is 46.3 Å². The highest BCUT2D eigenvalue weighted by molar-refractivity contribution is 5.85. The van der Waals surface area contributed by atoms with Gasteiger partial charge in [0, 0.05) is 19.1 Å². The lowest BCUT2D eigenvalue weighted by atomic mass is 9.97. The Morgan fingerprint density at radius 3 is 2.50 bits per heavy atom. The van der Waals surface area contributed by atoms with Gasteiger partial charge in [-0.2, -0.15) is 0 Å². The molecule has 2 rings (SSSR count). The van der Waals surface area contributed by atoms with Gasteiger partial charge in [0.1, 0.15) is 0 Å². The summed E-state index contributed by atoms with van der Waals surface area (Å²) in [5, 5.41) is 0. The minimum atomic E-state index is -0.0970. The molecule has 1 aromatic carbocycles. The average Bonchev–Trinajstić information content (AvgIpc) is 2.36. The number of nitrogens with two attached hydrogens (primary N) is 1. The standard InChI is InChI=1S/C14H20N2O.ClH/c1-10(11(2)15)14(17)16-8-7-12-5-3-4-6-13(12)9-16;/h3-6,10-11H,7-9,15H2,1-2H3;1H. The van der Waals surface area contributed by atoms with Crippen LogP contribution in [0.4, 0.5) is 0 Å². The van der Waals surface area contributed by atoms with E-state index in [1.807, 2.05) is 24.8 Å². The van der Waals surface area contributed by atoms with Gasteiger partial charge in [0.25, 0.3) is 0 Å². The molecule has 2 atom stereocenters. The summed E-state index contributed by atoms with van der Waals surface area (Å²) in [5.41, 5.74) is 8.42. The van der Waals surface area contributed by atoms with E-state index >= 15 is 0 Å². The van der Waals surface area contributed by atoms with E-state index in [4.69, 9.17) is 5.73 Å². The lowest BCUT2D eigenvalue weighted by Crippen LogP contribution is -2.43. The van der Waals surface area contributed by atoms with Crippen molar-refractivity contribution in [1.29, 1.82) is 0 Å². The van der Waals surface area contributed by atoms with Gasteiger partial charge in [-0.05, 0) is 24.5 Å². The van der Waals surface area contributed by atoms with E-state index in [1.165, 1.54) is 11.1 Å². The minimum absolute atomic E-state index is 0. The molecular formula is C14H21ClN2O. The van der Waals surface area contributed by atoms with Crippen LogP contribution >= 0.6 is 12.4 Å². The molecule has 0 aromatic heterocycles. The van der Waals surface area contributed by atoms with Crippen molar-refractivity contribution in [3.05, 3.63) is 35.4 Å². The number of fused-ring (bicyclic) bond motifs is 1. The maximum Gasteiger partial charge on any atom is 0.227 e. The molecule has 18 heavy (non-hydrogen) atoms. The minimum Gasteiger partial charge on any atom is -0.338 e. The van der Waals surface area contributed by atoms with E-state index in [-0.39, 0.29) is 30.3 Å². The molecule has 100 valence electrons. The molecule has 0 aliphatic carbocycles. The monoisotopic (exact) mass is 268 g/mol. The molecule has 0 saturated carbocycles. The molecule has 1 aromatic rings. The lowest BCUT2D eigenvalue weighted by Gasteiger charge is -2.31. The molecule has 0 spiro atoms. The summed E-state index contributed by atoms with van der Waals surface area (Å²) in [7, 11) is 0. The molecule has 0 saturated heterocycles. The molecule has 2 N–H and O–H groups in total. The maximum absolute atomic E-state index is 12.2. The van der Waals surface area contributed by atoms with E-state index < -0.39 is 0 Å². The number of carbonyl (C=O) groups is 1. The first kappa shape index (κ1) is 15.0. The van der Waals surface area contributed by atoms with Crippen molar-refractivity contribution < 1.29 is 4.79 Å². The van der Waals surface area contributed by atoms with Gasteiger partial charge in [0.05, 0.1) is 5.92 Å². The van der Waals surface area contributed by atoms with Crippen LogP contribution in [0.2, 0.25) is 0 Å². The molecule has 1 heterocycles. The molecule has 4 heteroatoms. The van der Waals surface area contributed by atoms with E-state index in [0.29, 0.717) is 0 Å². The van der Waals surface area contributed by atoms with Crippen LogP contribution in [0.5, 0.6) is 0 Å². The van der Waals surface area contributed by atoms with E-state index in [9.17, 15) is 4.79 Å². The predicted octanol–water partition coefficient (Wildman–Crippen LogP) is 1.98. The zero-order valence-corrected chi connectivity index (χ0v) is 11.7. The van der Waals surface area contributed by atoms with Crippen LogP contribution in [0.3, 0.4) is 0 Å². The van der Waals surface area contributed by atoms with Gasteiger partial charge < -0.3 is 10.6 Å². The van der Waals surface area contributed by atoms with Crippen molar-refractivity contribution in [2.75, 3.05) is 6.54 Å². The van der Waals surface area contributed by atoms with Crippen molar-refractivity contribution in [2.45, 2.75) is 32.9 Å². The number of hydrogen-bond acceptors (Lipinski definition) is 2. The highest BCUT2D eigenvalue weighted by atomic mass is 35.5. The van der Waals surface area contributed by atoms with Crippen LogP contribution in [0.15, 0.2) is 24.3 Å². The third kappa shape index (κ3) is 3.03. The van der Waals surface area contributed by atoms with Crippen molar-refractivity contribution in [1.82, 2.24) is 4.90 Å². The quantitative estimate of drug-likeness (QED) is 0.892. The Morgan fingerprint density at radius 1 is 1.28 bits per heavy atom. The van der Waals surface area contributed by atoms with Crippen molar-refractivity contribution in [2.24, 2.45) is 11.7 Å². The largest absolute Gasteiger partial charge is 0.338 e. The van der Waals surface area contributed by atoms with Gasteiger partial charge in [-0.15, -0.1) is 12.4 Å². The Morgan fingerprint density at radius 2 is 1.89 bits per heavy atom. The van der Waals surface area contributed by atoms with Crippen LogP contribution in [0.1, 0.15) is 25.0 Å². The predicted molar refractivity (Wildman–Crippen MR) is 75.6 cm³/mol. The summed E-state index contributed by atoms with van der Waals surface area (Å²) < 4.78 is 0. The second kappa shape index (κ2) is 6.21. The fraction of sp³-hybridized carbons (Fsp3) is 0.500. The molecule has 3 nitrogen and oxygen atoms in total. The van der Waals surface area contributed by atoms with Gasteiger partial charge in [0.2, 0.25) is 5.91 Å². The number of hydrogen-bond donors (Lipinski definition) is 1. The third-order valence-electron chi connectivity index (χ3n) is 3.62. The van der Waals surface area contributed by atoms with E-state index in [2.05, 4.69) is 18.2 Å². The van der Waals surface area contributed by atoms with Crippen molar-refractivity contribution in [3.8, 4) is 0 Å². The first-order valence-corrected chi connectivity index (χ1v) is 6.20. The van der Waals surface area contributed by atoms with Gasteiger partial charge in [-0.25, -0.2) is 0 Å². The van der Waals surface area contributed by atoms with Crippen LogP contribution in [-0.2, 0) is 17.8 Å². The fourth-order valence-electron chi connectivity index (χ4n) is 2.20. The molecule has 0 bridgehead atoms. The van der Waals surface area contributed by atoms with Crippen molar-refractivity contribution in [3.63, 3.8) is 0 Å². The summed E-state index contributed by atoms with van der Waals surface area (Å²) in [6.45, 7) is 5.34. The molecule has 1 amide bonds. The molecule has 0 radical (unpaired) electrons. The Balaban J connectivity index is 0.00000162. The second-order valence-corrected chi connectivity index (χ2v) is 4.93. The van der Waals surface area contributed by atoms with Crippen LogP contribution in [0, 0.1) is 5.92 Å². The summed E-state index contributed by atoms with van der Waals surface area (Å²) in [4.78, 5) is 14.1. The number of nitrogens with zero attached hydrogens (tertiary/aromatic N) is 1.